The van der Waals surface area contributed by atoms with Crippen molar-refractivity contribution in [2.75, 3.05) is 7.11 Å². The SMILES string of the molecule is CCn1ncc(OC)c1C(N)c1cccc(C)c1Br. The van der Waals surface area contributed by atoms with Crippen LogP contribution < -0.4 is 10.5 Å². The van der Waals surface area contributed by atoms with Gasteiger partial charge in [0.25, 0.3) is 0 Å². The number of benzene rings is 1. The minimum atomic E-state index is -0.272. The summed E-state index contributed by atoms with van der Waals surface area (Å²) in [5.41, 5.74) is 9.51. The van der Waals surface area contributed by atoms with Gasteiger partial charge in [0, 0.05) is 11.0 Å². The van der Waals surface area contributed by atoms with E-state index in [1.165, 1.54) is 0 Å². The molecule has 1 aromatic heterocycles. The highest BCUT2D eigenvalue weighted by Crippen LogP contribution is 2.33. The monoisotopic (exact) mass is 323 g/mol. The van der Waals surface area contributed by atoms with Crippen molar-refractivity contribution in [1.82, 2.24) is 9.78 Å². The quantitative estimate of drug-likeness (QED) is 0.940. The number of aromatic nitrogens is 2. The average Bonchev–Trinajstić information content (AvgIpc) is 2.84. The summed E-state index contributed by atoms with van der Waals surface area (Å²) in [6.45, 7) is 4.85. The zero-order chi connectivity index (χ0) is 14.0. The molecule has 102 valence electrons. The second-order valence-electron chi connectivity index (χ2n) is 4.37. The number of hydrogen-bond acceptors (Lipinski definition) is 3. The average molecular weight is 324 g/mol. The second kappa shape index (κ2) is 5.75. The van der Waals surface area contributed by atoms with E-state index in [-0.39, 0.29) is 6.04 Å². The minimum Gasteiger partial charge on any atom is -0.493 e. The van der Waals surface area contributed by atoms with Crippen molar-refractivity contribution in [3.05, 3.63) is 45.7 Å². The molecule has 0 radical (unpaired) electrons. The molecule has 5 heteroatoms. The molecule has 0 aliphatic carbocycles. The van der Waals surface area contributed by atoms with Crippen molar-refractivity contribution >= 4 is 15.9 Å². The molecule has 0 bridgehead atoms. The number of hydrogen-bond donors (Lipinski definition) is 1. The maximum absolute atomic E-state index is 6.41. The number of rotatable bonds is 4. The van der Waals surface area contributed by atoms with Gasteiger partial charge in [-0.25, -0.2) is 0 Å². The summed E-state index contributed by atoms with van der Waals surface area (Å²) in [4.78, 5) is 0. The Labute approximate surface area is 121 Å². The fourth-order valence-corrected chi connectivity index (χ4v) is 2.67. The molecule has 1 unspecified atom stereocenters. The van der Waals surface area contributed by atoms with Gasteiger partial charge in [-0.05, 0) is 25.0 Å². The molecule has 2 aromatic rings. The fraction of sp³-hybridized carbons (Fsp3) is 0.357. The lowest BCUT2D eigenvalue weighted by Crippen LogP contribution is -2.18. The summed E-state index contributed by atoms with van der Waals surface area (Å²) in [6, 6.07) is 5.81. The van der Waals surface area contributed by atoms with Crippen LogP contribution in [-0.2, 0) is 6.54 Å². The van der Waals surface area contributed by atoms with Crippen LogP contribution in [0, 0.1) is 6.92 Å². The molecule has 0 spiro atoms. The molecular weight excluding hydrogens is 306 g/mol. The van der Waals surface area contributed by atoms with E-state index in [4.69, 9.17) is 10.5 Å². The van der Waals surface area contributed by atoms with Crippen molar-refractivity contribution in [2.24, 2.45) is 5.73 Å². The molecule has 0 saturated heterocycles. The molecule has 2 N–H and O–H groups in total. The van der Waals surface area contributed by atoms with Gasteiger partial charge in [0.05, 0.1) is 19.3 Å². The highest BCUT2D eigenvalue weighted by atomic mass is 79.9. The van der Waals surface area contributed by atoms with Crippen LogP contribution in [0.2, 0.25) is 0 Å². The number of aryl methyl sites for hydroxylation is 2. The van der Waals surface area contributed by atoms with Crippen molar-refractivity contribution in [3.8, 4) is 5.75 Å². The first-order valence-corrected chi connectivity index (χ1v) is 6.99. The molecule has 0 saturated carbocycles. The number of nitrogens with zero attached hydrogens (tertiary/aromatic N) is 2. The lowest BCUT2D eigenvalue weighted by atomic mass is 10.0. The largest absolute Gasteiger partial charge is 0.493 e. The first-order chi connectivity index (χ1) is 9.10. The Morgan fingerprint density at radius 3 is 2.84 bits per heavy atom. The van der Waals surface area contributed by atoms with E-state index < -0.39 is 0 Å². The molecule has 1 atom stereocenters. The van der Waals surface area contributed by atoms with Gasteiger partial charge >= 0.3 is 0 Å². The smallest absolute Gasteiger partial charge is 0.161 e. The predicted octanol–water partition coefficient (Wildman–Crippen LogP) is 3.03. The highest BCUT2D eigenvalue weighted by molar-refractivity contribution is 9.10. The van der Waals surface area contributed by atoms with Crippen LogP contribution in [0.4, 0.5) is 0 Å². The van der Waals surface area contributed by atoms with Gasteiger partial charge in [-0.1, -0.05) is 34.1 Å². The zero-order valence-corrected chi connectivity index (χ0v) is 12.9. The highest BCUT2D eigenvalue weighted by Gasteiger charge is 2.21. The Hall–Kier alpha value is -1.33. The van der Waals surface area contributed by atoms with Crippen molar-refractivity contribution in [3.63, 3.8) is 0 Å². The van der Waals surface area contributed by atoms with Gasteiger partial charge in [0.15, 0.2) is 5.75 Å². The lowest BCUT2D eigenvalue weighted by Gasteiger charge is -2.17. The van der Waals surface area contributed by atoms with Gasteiger partial charge in [-0.2, -0.15) is 5.10 Å². The van der Waals surface area contributed by atoms with Crippen LogP contribution in [0.5, 0.6) is 5.75 Å². The maximum atomic E-state index is 6.41. The molecule has 19 heavy (non-hydrogen) atoms. The van der Waals surface area contributed by atoms with Crippen LogP contribution >= 0.6 is 15.9 Å². The standard InChI is InChI=1S/C14H18BrN3O/c1-4-18-14(11(19-3)8-17-18)13(16)10-7-5-6-9(2)12(10)15/h5-8,13H,4,16H2,1-3H3. The van der Waals surface area contributed by atoms with Crippen molar-refractivity contribution < 1.29 is 4.74 Å². The third-order valence-electron chi connectivity index (χ3n) is 3.22. The fourth-order valence-electron chi connectivity index (χ4n) is 2.16. The normalized spacial score (nSPS) is 12.5. The Balaban J connectivity index is 2.52. The van der Waals surface area contributed by atoms with Gasteiger partial charge in [0.2, 0.25) is 0 Å². The van der Waals surface area contributed by atoms with Gasteiger partial charge in [0.1, 0.15) is 5.69 Å². The molecule has 0 fully saturated rings. The molecule has 0 aliphatic rings. The van der Waals surface area contributed by atoms with Crippen LogP contribution in [0.15, 0.2) is 28.9 Å². The first-order valence-electron chi connectivity index (χ1n) is 6.20. The van der Waals surface area contributed by atoms with Crippen LogP contribution in [0.1, 0.15) is 29.8 Å². The summed E-state index contributed by atoms with van der Waals surface area (Å²) >= 11 is 3.61. The second-order valence-corrected chi connectivity index (χ2v) is 5.16. The number of nitrogens with two attached hydrogens (primary N) is 1. The van der Waals surface area contributed by atoms with Crippen molar-refractivity contribution in [1.29, 1.82) is 0 Å². The summed E-state index contributed by atoms with van der Waals surface area (Å²) in [6.07, 6.45) is 1.71. The van der Waals surface area contributed by atoms with E-state index in [0.717, 1.165) is 33.6 Å². The van der Waals surface area contributed by atoms with E-state index in [9.17, 15) is 0 Å². The van der Waals surface area contributed by atoms with E-state index in [1.54, 1.807) is 13.3 Å². The summed E-state index contributed by atoms with van der Waals surface area (Å²) in [7, 11) is 1.64. The van der Waals surface area contributed by atoms with E-state index in [2.05, 4.69) is 34.0 Å². The summed E-state index contributed by atoms with van der Waals surface area (Å²) in [5, 5.41) is 4.30. The molecule has 2 rings (SSSR count). The van der Waals surface area contributed by atoms with Crippen LogP contribution in [-0.4, -0.2) is 16.9 Å². The first kappa shape index (κ1) is 14.1. The summed E-state index contributed by atoms with van der Waals surface area (Å²) < 4.78 is 8.27. The third-order valence-corrected chi connectivity index (χ3v) is 4.30. The van der Waals surface area contributed by atoms with Crippen molar-refractivity contribution in [2.45, 2.75) is 26.4 Å². The van der Waals surface area contributed by atoms with Crippen LogP contribution in [0.3, 0.4) is 0 Å². The number of halogens is 1. The van der Waals surface area contributed by atoms with Crippen LogP contribution in [0.25, 0.3) is 0 Å². The Morgan fingerprint density at radius 1 is 1.47 bits per heavy atom. The van der Waals surface area contributed by atoms with E-state index in [0.29, 0.717) is 0 Å². The summed E-state index contributed by atoms with van der Waals surface area (Å²) in [5.74, 6) is 0.725. The Morgan fingerprint density at radius 2 is 2.21 bits per heavy atom. The van der Waals surface area contributed by atoms with Gasteiger partial charge < -0.3 is 10.5 Å². The molecule has 1 heterocycles. The lowest BCUT2D eigenvalue weighted by molar-refractivity contribution is 0.404. The number of ether oxygens (including phenoxy) is 1. The van der Waals surface area contributed by atoms with E-state index >= 15 is 0 Å². The van der Waals surface area contributed by atoms with Gasteiger partial charge in [-0.3, -0.25) is 4.68 Å². The Bertz CT molecular complexity index is 559. The molecule has 4 nitrogen and oxygen atoms in total. The third kappa shape index (κ3) is 2.53. The topological polar surface area (TPSA) is 53.1 Å². The number of methoxy groups -OCH3 is 1. The van der Waals surface area contributed by atoms with E-state index in [1.807, 2.05) is 23.7 Å². The molecule has 1 aromatic carbocycles. The molecule has 0 aliphatic heterocycles. The predicted molar refractivity (Wildman–Crippen MR) is 79.4 cm³/mol. The Kier molecular flexibility index (Phi) is 4.27. The maximum Gasteiger partial charge on any atom is 0.161 e. The minimum absolute atomic E-state index is 0.272. The van der Waals surface area contributed by atoms with Gasteiger partial charge in [-0.15, -0.1) is 0 Å². The molecule has 0 amide bonds. The zero-order valence-electron chi connectivity index (χ0n) is 11.4. The molecular formula is C14H18BrN3O.